The van der Waals surface area contributed by atoms with Crippen LogP contribution in [0.25, 0.3) is 0 Å². The Morgan fingerprint density at radius 2 is 1.74 bits per heavy atom. The molecule has 4 nitrogen and oxygen atoms in total. The Bertz CT molecular complexity index is 730. The van der Waals surface area contributed by atoms with Crippen LogP contribution in [0.4, 0.5) is 14.5 Å². The van der Waals surface area contributed by atoms with E-state index < -0.39 is 23.4 Å². The smallest absolute Gasteiger partial charge is 0.257 e. The van der Waals surface area contributed by atoms with Gasteiger partial charge in [-0.3, -0.25) is 9.59 Å². The average molecular weight is 318 g/mol. The Labute approximate surface area is 132 Å². The number of carbonyl (C=O) groups is 2. The molecule has 2 aromatic rings. The lowest BCUT2D eigenvalue weighted by Crippen LogP contribution is -2.35. The molecule has 0 heterocycles. The van der Waals surface area contributed by atoms with E-state index in [-0.39, 0.29) is 12.1 Å². The topological polar surface area (TPSA) is 49.4 Å². The zero-order valence-corrected chi connectivity index (χ0v) is 12.8. The number of aryl methyl sites for hydroxylation is 1. The van der Waals surface area contributed by atoms with Crippen LogP contribution in [0.5, 0.6) is 0 Å². The first kappa shape index (κ1) is 16.6. The molecule has 1 N–H and O–H groups in total. The molecule has 2 aromatic carbocycles. The summed E-state index contributed by atoms with van der Waals surface area (Å²) in [7, 11) is 1.37. The van der Waals surface area contributed by atoms with Crippen molar-refractivity contribution < 1.29 is 18.4 Å². The second-order valence-corrected chi connectivity index (χ2v) is 5.20. The Balaban J connectivity index is 2.00. The molecule has 0 aliphatic heterocycles. The summed E-state index contributed by atoms with van der Waals surface area (Å²) in [5.74, 6) is -2.83. The van der Waals surface area contributed by atoms with Gasteiger partial charge < -0.3 is 10.2 Å². The Morgan fingerprint density at radius 1 is 1.09 bits per heavy atom. The molecule has 0 unspecified atom stereocenters. The van der Waals surface area contributed by atoms with Crippen LogP contribution in [0.15, 0.2) is 42.5 Å². The summed E-state index contributed by atoms with van der Waals surface area (Å²) in [6, 6.07) is 9.87. The normalized spacial score (nSPS) is 10.3. The molecule has 2 amide bonds. The molecule has 2 rings (SSSR count). The summed E-state index contributed by atoms with van der Waals surface area (Å²) >= 11 is 0. The third-order valence-electron chi connectivity index (χ3n) is 3.22. The van der Waals surface area contributed by atoms with E-state index in [0.29, 0.717) is 11.8 Å². The number of likely N-dealkylation sites (N-methyl/N-ethyl adjacent to an activating group) is 1. The molecule has 0 aliphatic carbocycles. The van der Waals surface area contributed by atoms with Gasteiger partial charge in [0, 0.05) is 18.8 Å². The summed E-state index contributed by atoms with van der Waals surface area (Å²) < 4.78 is 26.5. The largest absolute Gasteiger partial charge is 0.332 e. The van der Waals surface area contributed by atoms with Gasteiger partial charge in [0.1, 0.15) is 11.6 Å². The van der Waals surface area contributed by atoms with Gasteiger partial charge in [0.15, 0.2) is 0 Å². The quantitative estimate of drug-likeness (QED) is 0.942. The lowest BCUT2D eigenvalue weighted by Gasteiger charge is -2.17. The summed E-state index contributed by atoms with van der Waals surface area (Å²) in [5, 5.41) is 2.64. The van der Waals surface area contributed by atoms with Crippen molar-refractivity contribution in [2.24, 2.45) is 0 Å². The van der Waals surface area contributed by atoms with Crippen molar-refractivity contribution in [1.82, 2.24) is 4.90 Å². The van der Waals surface area contributed by atoms with E-state index >= 15 is 0 Å². The Hall–Kier alpha value is -2.76. The van der Waals surface area contributed by atoms with Crippen molar-refractivity contribution in [3.63, 3.8) is 0 Å². The van der Waals surface area contributed by atoms with Crippen LogP contribution in [0.1, 0.15) is 15.9 Å². The highest BCUT2D eigenvalue weighted by molar-refractivity contribution is 5.99. The fraction of sp³-hybridized carbons (Fsp3) is 0.176. The fourth-order valence-electron chi connectivity index (χ4n) is 1.99. The first-order chi connectivity index (χ1) is 10.9. The van der Waals surface area contributed by atoms with Crippen molar-refractivity contribution in [1.29, 1.82) is 0 Å². The first-order valence-electron chi connectivity index (χ1n) is 6.94. The van der Waals surface area contributed by atoms with E-state index in [1.165, 1.54) is 7.05 Å². The molecule has 0 radical (unpaired) electrons. The van der Waals surface area contributed by atoms with Gasteiger partial charge >= 0.3 is 0 Å². The summed E-state index contributed by atoms with van der Waals surface area (Å²) in [5.41, 5.74) is 1.38. The van der Waals surface area contributed by atoms with Gasteiger partial charge in [0.25, 0.3) is 5.91 Å². The van der Waals surface area contributed by atoms with Gasteiger partial charge in [0.2, 0.25) is 5.91 Å². The lowest BCUT2D eigenvalue weighted by atomic mass is 10.2. The minimum Gasteiger partial charge on any atom is -0.332 e. The number of nitrogens with one attached hydrogen (secondary N) is 1. The number of carbonyl (C=O) groups excluding carboxylic acids is 2. The highest BCUT2D eigenvalue weighted by Gasteiger charge is 2.18. The zero-order valence-electron chi connectivity index (χ0n) is 12.8. The average Bonchev–Trinajstić information content (AvgIpc) is 2.49. The van der Waals surface area contributed by atoms with Gasteiger partial charge in [-0.2, -0.15) is 0 Å². The predicted octanol–water partition coefficient (Wildman–Crippen LogP) is 2.98. The third-order valence-corrected chi connectivity index (χ3v) is 3.22. The van der Waals surface area contributed by atoms with Crippen LogP contribution < -0.4 is 5.32 Å². The molecule has 0 saturated heterocycles. The second-order valence-electron chi connectivity index (χ2n) is 5.20. The Kier molecular flexibility index (Phi) is 5.05. The Morgan fingerprint density at radius 3 is 2.35 bits per heavy atom. The number of anilines is 1. The molecule has 120 valence electrons. The number of rotatable bonds is 4. The molecular weight excluding hydrogens is 302 g/mol. The molecule has 0 spiro atoms. The molecule has 0 bridgehead atoms. The van der Waals surface area contributed by atoms with Gasteiger partial charge in [-0.05, 0) is 31.2 Å². The minimum absolute atomic E-state index is 0.247. The predicted molar refractivity (Wildman–Crippen MR) is 83.1 cm³/mol. The van der Waals surface area contributed by atoms with E-state index in [0.717, 1.165) is 22.6 Å². The van der Waals surface area contributed by atoms with Crippen LogP contribution in [0, 0.1) is 18.6 Å². The van der Waals surface area contributed by atoms with Crippen molar-refractivity contribution in [2.45, 2.75) is 6.92 Å². The van der Waals surface area contributed by atoms with E-state index in [1.807, 2.05) is 19.1 Å². The minimum atomic E-state index is -0.958. The summed E-state index contributed by atoms with van der Waals surface area (Å²) in [6.45, 7) is 1.68. The van der Waals surface area contributed by atoms with E-state index in [9.17, 15) is 18.4 Å². The maximum atomic E-state index is 13.6. The van der Waals surface area contributed by atoms with Gasteiger partial charge in [-0.25, -0.2) is 8.78 Å². The van der Waals surface area contributed by atoms with Crippen molar-refractivity contribution >= 4 is 17.5 Å². The third kappa shape index (κ3) is 4.35. The van der Waals surface area contributed by atoms with Crippen molar-refractivity contribution in [3.8, 4) is 0 Å². The standard InChI is InChI=1S/C17H16F2N2O2/c1-11-3-6-13(7-4-11)20-16(22)10-21(2)17(23)14-8-5-12(18)9-15(14)19/h3-9H,10H2,1-2H3,(H,20,22). The molecule has 0 atom stereocenters. The lowest BCUT2D eigenvalue weighted by molar-refractivity contribution is -0.116. The number of nitrogens with zero attached hydrogens (tertiary/aromatic N) is 1. The molecule has 0 saturated carbocycles. The highest BCUT2D eigenvalue weighted by atomic mass is 19.1. The number of hydrogen-bond donors (Lipinski definition) is 1. The van der Waals surface area contributed by atoms with Gasteiger partial charge in [-0.1, -0.05) is 17.7 Å². The second kappa shape index (κ2) is 7.00. The van der Waals surface area contributed by atoms with E-state index in [4.69, 9.17) is 0 Å². The molecule has 6 heteroatoms. The molecule has 23 heavy (non-hydrogen) atoms. The first-order valence-corrected chi connectivity index (χ1v) is 6.94. The summed E-state index contributed by atoms with van der Waals surface area (Å²) in [6.07, 6.45) is 0. The van der Waals surface area contributed by atoms with Crippen LogP contribution in [0.2, 0.25) is 0 Å². The number of benzene rings is 2. The number of amides is 2. The molecule has 0 fully saturated rings. The highest BCUT2D eigenvalue weighted by Crippen LogP contribution is 2.12. The van der Waals surface area contributed by atoms with Gasteiger partial charge in [0.05, 0.1) is 12.1 Å². The van der Waals surface area contributed by atoms with Crippen LogP contribution >= 0.6 is 0 Å². The fourth-order valence-corrected chi connectivity index (χ4v) is 1.99. The van der Waals surface area contributed by atoms with Crippen LogP contribution in [0.3, 0.4) is 0 Å². The van der Waals surface area contributed by atoms with E-state index in [2.05, 4.69) is 5.32 Å². The van der Waals surface area contributed by atoms with Crippen LogP contribution in [-0.2, 0) is 4.79 Å². The van der Waals surface area contributed by atoms with Crippen LogP contribution in [-0.4, -0.2) is 30.3 Å². The monoisotopic (exact) mass is 318 g/mol. The number of halogens is 2. The molecule has 0 aromatic heterocycles. The SMILES string of the molecule is Cc1ccc(NC(=O)CN(C)C(=O)c2ccc(F)cc2F)cc1. The van der Waals surface area contributed by atoms with Crippen molar-refractivity contribution in [3.05, 3.63) is 65.2 Å². The van der Waals surface area contributed by atoms with E-state index in [1.54, 1.807) is 12.1 Å². The maximum Gasteiger partial charge on any atom is 0.257 e. The van der Waals surface area contributed by atoms with Crippen molar-refractivity contribution in [2.75, 3.05) is 18.9 Å². The number of hydrogen-bond acceptors (Lipinski definition) is 2. The molecular formula is C17H16F2N2O2. The maximum absolute atomic E-state index is 13.6. The zero-order chi connectivity index (χ0) is 17.0. The van der Waals surface area contributed by atoms with Gasteiger partial charge in [-0.15, -0.1) is 0 Å². The molecule has 0 aliphatic rings. The summed E-state index contributed by atoms with van der Waals surface area (Å²) in [4.78, 5) is 25.1.